The van der Waals surface area contributed by atoms with E-state index in [1.165, 1.54) is 16.2 Å². The first-order valence-electron chi connectivity index (χ1n) is 14.0. The van der Waals surface area contributed by atoms with Crippen molar-refractivity contribution in [3.8, 4) is 11.5 Å². The zero-order valence-corrected chi connectivity index (χ0v) is 24.9. The molecule has 216 valence electrons. The Bertz CT molecular complexity index is 1860. The van der Waals surface area contributed by atoms with Crippen molar-refractivity contribution in [2.45, 2.75) is 33.4 Å². The van der Waals surface area contributed by atoms with Crippen LogP contribution < -0.4 is 14.4 Å². The first kappa shape index (κ1) is 28.2. The fourth-order valence-electron chi connectivity index (χ4n) is 5.35. The molecule has 0 bridgehead atoms. The number of carbonyl (C=O) groups excluding carboxylic acids is 2. The van der Waals surface area contributed by atoms with Crippen molar-refractivity contribution >= 4 is 44.1 Å². The van der Waals surface area contributed by atoms with Crippen molar-refractivity contribution in [1.82, 2.24) is 4.98 Å². The maximum atomic E-state index is 13.7. The van der Waals surface area contributed by atoms with Crippen molar-refractivity contribution in [3.63, 3.8) is 0 Å². The Balaban J connectivity index is 1.45. The predicted octanol–water partition coefficient (Wildman–Crippen LogP) is 7.52. The number of aromatic nitrogens is 1. The van der Waals surface area contributed by atoms with Gasteiger partial charge >= 0.3 is 5.91 Å². The van der Waals surface area contributed by atoms with Gasteiger partial charge in [-0.05, 0) is 73.4 Å². The van der Waals surface area contributed by atoms with Gasteiger partial charge in [0.15, 0.2) is 5.13 Å². The molecule has 0 spiro atoms. The summed E-state index contributed by atoms with van der Waals surface area (Å²) in [5.74, 6) is -0.606. The smallest absolute Gasteiger partial charge is 0.301 e. The molecule has 1 amide bonds. The first-order valence-corrected chi connectivity index (χ1v) is 14.8. The van der Waals surface area contributed by atoms with E-state index in [4.69, 9.17) is 14.5 Å². The Hall–Kier alpha value is -4.95. The molecule has 0 saturated carbocycles. The monoisotopic (exact) mass is 590 g/mol. The maximum Gasteiger partial charge on any atom is 0.301 e. The van der Waals surface area contributed by atoms with Crippen LogP contribution >= 0.6 is 11.3 Å². The minimum absolute atomic E-state index is 0.0104. The number of benzene rings is 4. The average molecular weight is 591 g/mol. The number of carbonyl (C=O) groups is 2. The van der Waals surface area contributed by atoms with E-state index in [1.54, 1.807) is 36.4 Å². The van der Waals surface area contributed by atoms with E-state index in [0.717, 1.165) is 26.9 Å². The zero-order valence-electron chi connectivity index (χ0n) is 24.0. The minimum atomic E-state index is -0.902. The molecule has 8 heteroatoms. The summed E-state index contributed by atoms with van der Waals surface area (Å²) in [4.78, 5) is 33.6. The van der Waals surface area contributed by atoms with Gasteiger partial charge in [0.25, 0.3) is 5.78 Å². The minimum Gasteiger partial charge on any atom is -0.507 e. The van der Waals surface area contributed by atoms with E-state index >= 15 is 0 Å². The Kier molecular flexibility index (Phi) is 7.69. The molecule has 5 aromatic rings. The fraction of sp³-hybridized carbons (Fsp3) is 0.171. The van der Waals surface area contributed by atoms with Gasteiger partial charge in [-0.2, -0.15) is 0 Å². The molecule has 1 aliphatic rings. The summed E-state index contributed by atoms with van der Waals surface area (Å²) < 4.78 is 12.5. The molecule has 1 N–H and O–H groups in total. The van der Waals surface area contributed by atoms with Crippen LogP contribution in [0, 0.1) is 13.8 Å². The third kappa shape index (κ3) is 5.49. The van der Waals surface area contributed by atoms with Crippen LogP contribution in [-0.2, 0) is 16.2 Å². The molecule has 1 aromatic heterocycles. The van der Waals surface area contributed by atoms with Crippen molar-refractivity contribution < 1.29 is 24.2 Å². The van der Waals surface area contributed by atoms with Gasteiger partial charge in [-0.25, -0.2) is 4.98 Å². The van der Waals surface area contributed by atoms with E-state index in [1.807, 2.05) is 75.4 Å². The summed E-state index contributed by atoms with van der Waals surface area (Å²) in [6.45, 7) is 6.70. The van der Waals surface area contributed by atoms with E-state index in [9.17, 15) is 14.7 Å². The third-order valence-electron chi connectivity index (χ3n) is 7.33. The molecular formula is C35H30N2O5S. The highest BCUT2D eigenvalue weighted by molar-refractivity contribution is 7.22. The predicted molar refractivity (Wildman–Crippen MR) is 169 cm³/mol. The number of fused-ring (bicyclic) bond motifs is 1. The van der Waals surface area contributed by atoms with Crippen LogP contribution in [0.5, 0.6) is 11.5 Å². The second-order valence-corrected chi connectivity index (χ2v) is 11.4. The molecule has 0 radical (unpaired) electrons. The van der Waals surface area contributed by atoms with Crippen LogP contribution in [0.15, 0.2) is 96.6 Å². The molecule has 43 heavy (non-hydrogen) atoms. The zero-order chi connectivity index (χ0) is 30.1. The van der Waals surface area contributed by atoms with Crippen LogP contribution in [-0.4, -0.2) is 28.4 Å². The summed E-state index contributed by atoms with van der Waals surface area (Å²) in [5, 5.41) is 12.0. The lowest BCUT2D eigenvalue weighted by atomic mass is 9.95. The van der Waals surface area contributed by atoms with Gasteiger partial charge in [-0.3, -0.25) is 14.5 Å². The van der Waals surface area contributed by atoms with Crippen molar-refractivity contribution in [2.24, 2.45) is 0 Å². The van der Waals surface area contributed by atoms with Crippen LogP contribution in [0.4, 0.5) is 5.13 Å². The van der Waals surface area contributed by atoms with E-state index in [2.05, 4.69) is 0 Å². The van der Waals surface area contributed by atoms with Gasteiger partial charge in [0.1, 0.15) is 23.9 Å². The highest BCUT2D eigenvalue weighted by Crippen LogP contribution is 2.45. The number of anilines is 1. The molecule has 2 heterocycles. The first-order chi connectivity index (χ1) is 20.8. The third-order valence-corrected chi connectivity index (χ3v) is 8.33. The van der Waals surface area contributed by atoms with Crippen molar-refractivity contribution in [3.05, 3.63) is 124 Å². The summed E-state index contributed by atoms with van der Waals surface area (Å²) in [5.41, 5.74) is 4.89. The highest BCUT2D eigenvalue weighted by atomic mass is 32.1. The van der Waals surface area contributed by atoms with Gasteiger partial charge in [0, 0.05) is 5.56 Å². The van der Waals surface area contributed by atoms with E-state index in [-0.39, 0.29) is 11.3 Å². The molecule has 1 aliphatic heterocycles. The number of ether oxygens (including phenoxy) is 2. The number of aliphatic hydroxyl groups is 1. The molecule has 7 nitrogen and oxygen atoms in total. The summed E-state index contributed by atoms with van der Waals surface area (Å²) >= 11 is 1.35. The summed E-state index contributed by atoms with van der Waals surface area (Å²) in [6, 6.07) is 27.1. The Labute approximate surface area is 253 Å². The van der Waals surface area contributed by atoms with Gasteiger partial charge < -0.3 is 14.6 Å². The Morgan fingerprint density at radius 3 is 2.42 bits per heavy atom. The van der Waals surface area contributed by atoms with Crippen LogP contribution in [0.3, 0.4) is 0 Å². The van der Waals surface area contributed by atoms with E-state index in [0.29, 0.717) is 41.0 Å². The second kappa shape index (κ2) is 11.7. The molecule has 1 atom stereocenters. The maximum absolute atomic E-state index is 13.7. The molecule has 1 saturated heterocycles. The lowest BCUT2D eigenvalue weighted by Crippen LogP contribution is -2.29. The number of aliphatic hydroxyl groups excluding tert-OH is 1. The highest BCUT2D eigenvalue weighted by Gasteiger charge is 2.48. The number of Topliss-reactive ketones (excluding diaryl/α,β-unsaturated/α-hetero) is 1. The SMILES string of the molecule is CCOc1cccc(/C(O)=C2\C(=O)C(=O)N(c3nc4c(C)cc(C)cc4s3)C2c2ccc(OCc3ccccc3)cc2)c1. The quantitative estimate of drug-likeness (QED) is 0.114. The number of thiazole rings is 1. The number of hydrogen-bond donors (Lipinski definition) is 1. The standard InChI is InChI=1S/C35H30N2O5S/c1-4-41-27-12-8-11-25(19-27)32(38)29-31(24-13-15-26(16-14-24)42-20-23-9-6-5-7-10-23)37(34(40)33(29)39)35-36-30-22(3)17-21(2)18-28(30)43-35/h5-19,31,38H,4,20H2,1-3H3/b32-29+. The average Bonchev–Trinajstić information content (AvgIpc) is 3.55. The van der Waals surface area contributed by atoms with Gasteiger partial charge in [0.05, 0.1) is 28.4 Å². The molecule has 0 aliphatic carbocycles. The molecule has 4 aromatic carbocycles. The number of ketones is 1. The number of nitrogens with zero attached hydrogens (tertiary/aromatic N) is 2. The largest absolute Gasteiger partial charge is 0.507 e. The molecule has 6 rings (SSSR count). The lowest BCUT2D eigenvalue weighted by Gasteiger charge is -2.23. The molecular weight excluding hydrogens is 560 g/mol. The van der Waals surface area contributed by atoms with Crippen LogP contribution in [0.1, 0.15) is 40.8 Å². The topological polar surface area (TPSA) is 89.0 Å². The Morgan fingerprint density at radius 1 is 0.907 bits per heavy atom. The number of aryl methyl sites for hydroxylation is 2. The van der Waals surface area contributed by atoms with E-state index < -0.39 is 17.7 Å². The van der Waals surface area contributed by atoms with Gasteiger partial charge in [-0.1, -0.05) is 72.0 Å². The lowest BCUT2D eigenvalue weighted by molar-refractivity contribution is -0.132. The van der Waals surface area contributed by atoms with Gasteiger partial charge in [0.2, 0.25) is 0 Å². The number of rotatable bonds is 8. The van der Waals surface area contributed by atoms with Crippen molar-refractivity contribution in [2.75, 3.05) is 11.5 Å². The number of amides is 1. The van der Waals surface area contributed by atoms with Crippen LogP contribution in [0.25, 0.3) is 16.0 Å². The normalized spacial score (nSPS) is 16.2. The molecule has 1 fully saturated rings. The fourth-order valence-corrected chi connectivity index (χ4v) is 6.52. The summed E-state index contributed by atoms with van der Waals surface area (Å²) in [7, 11) is 0. The molecule has 1 unspecified atom stereocenters. The van der Waals surface area contributed by atoms with Crippen LogP contribution in [0.2, 0.25) is 0 Å². The van der Waals surface area contributed by atoms with Crippen molar-refractivity contribution in [1.29, 1.82) is 0 Å². The summed E-state index contributed by atoms with van der Waals surface area (Å²) in [6.07, 6.45) is 0. The van der Waals surface area contributed by atoms with Gasteiger partial charge in [-0.15, -0.1) is 0 Å². The Morgan fingerprint density at radius 2 is 1.67 bits per heavy atom. The number of hydrogen-bond acceptors (Lipinski definition) is 7. The second-order valence-electron chi connectivity index (χ2n) is 10.4.